The zero-order valence-corrected chi connectivity index (χ0v) is 12.0. The minimum Gasteiger partial charge on any atom is -0.388 e. The van der Waals surface area contributed by atoms with Crippen molar-refractivity contribution in [2.45, 2.75) is 38.7 Å². The van der Waals surface area contributed by atoms with Crippen molar-refractivity contribution in [1.82, 2.24) is 14.8 Å². The SMILES string of the molecule is Cn1cc(C(O)Cc2cccnc2)c(C(C)(C)C)n1. The summed E-state index contributed by atoms with van der Waals surface area (Å²) >= 11 is 0. The van der Waals surface area contributed by atoms with E-state index in [-0.39, 0.29) is 5.41 Å². The van der Waals surface area contributed by atoms with E-state index in [9.17, 15) is 5.11 Å². The second-order valence-corrected chi connectivity index (χ2v) is 5.94. The number of nitrogens with zero attached hydrogens (tertiary/aromatic N) is 3. The third-order valence-electron chi connectivity index (χ3n) is 3.08. The summed E-state index contributed by atoms with van der Waals surface area (Å²) in [7, 11) is 1.88. The van der Waals surface area contributed by atoms with E-state index in [0.717, 1.165) is 16.8 Å². The van der Waals surface area contributed by atoms with Gasteiger partial charge in [-0.25, -0.2) is 0 Å². The highest BCUT2D eigenvalue weighted by molar-refractivity contribution is 5.27. The highest BCUT2D eigenvalue weighted by atomic mass is 16.3. The van der Waals surface area contributed by atoms with Crippen molar-refractivity contribution in [1.29, 1.82) is 0 Å². The highest BCUT2D eigenvalue weighted by Gasteiger charge is 2.25. The van der Waals surface area contributed by atoms with Crippen LogP contribution >= 0.6 is 0 Å². The molecule has 1 N–H and O–H groups in total. The van der Waals surface area contributed by atoms with Gasteiger partial charge in [-0.05, 0) is 11.6 Å². The minimum absolute atomic E-state index is 0.0769. The molecular formula is C15H21N3O. The van der Waals surface area contributed by atoms with Gasteiger partial charge in [-0.3, -0.25) is 9.67 Å². The molecule has 0 bridgehead atoms. The Morgan fingerprint density at radius 1 is 1.37 bits per heavy atom. The first kappa shape index (κ1) is 13.7. The van der Waals surface area contributed by atoms with Crippen LogP contribution in [-0.2, 0) is 18.9 Å². The van der Waals surface area contributed by atoms with Crippen LogP contribution in [-0.4, -0.2) is 19.9 Å². The fourth-order valence-electron chi connectivity index (χ4n) is 2.19. The van der Waals surface area contributed by atoms with E-state index in [4.69, 9.17) is 0 Å². The van der Waals surface area contributed by atoms with Crippen molar-refractivity contribution in [3.05, 3.63) is 47.5 Å². The van der Waals surface area contributed by atoms with Gasteiger partial charge < -0.3 is 5.11 Å². The normalized spacial score (nSPS) is 13.5. The van der Waals surface area contributed by atoms with Gasteiger partial charge in [0, 0.05) is 43.0 Å². The number of hydrogen-bond acceptors (Lipinski definition) is 3. The lowest BCUT2D eigenvalue weighted by Gasteiger charge is -2.20. The smallest absolute Gasteiger partial charge is 0.0864 e. The molecule has 2 aromatic heterocycles. The lowest BCUT2D eigenvalue weighted by atomic mass is 9.87. The van der Waals surface area contributed by atoms with Gasteiger partial charge in [0.05, 0.1) is 11.8 Å². The molecule has 0 saturated heterocycles. The molecule has 0 amide bonds. The molecule has 0 aliphatic rings. The van der Waals surface area contributed by atoms with Crippen LogP contribution in [0.2, 0.25) is 0 Å². The van der Waals surface area contributed by atoms with Crippen molar-refractivity contribution in [3.63, 3.8) is 0 Å². The third-order valence-corrected chi connectivity index (χ3v) is 3.08. The number of aryl methyl sites for hydroxylation is 1. The van der Waals surface area contributed by atoms with Crippen molar-refractivity contribution in [2.75, 3.05) is 0 Å². The zero-order valence-electron chi connectivity index (χ0n) is 12.0. The van der Waals surface area contributed by atoms with Crippen LogP contribution in [0, 0.1) is 0 Å². The topological polar surface area (TPSA) is 50.9 Å². The van der Waals surface area contributed by atoms with E-state index in [0.29, 0.717) is 6.42 Å². The fraction of sp³-hybridized carbons (Fsp3) is 0.467. The number of aliphatic hydroxyl groups is 1. The Morgan fingerprint density at radius 3 is 2.68 bits per heavy atom. The molecule has 1 atom stereocenters. The summed E-state index contributed by atoms with van der Waals surface area (Å²) < 4.78 is 1.77. The number of pyridine rings is 1. The molecule has 0 saturated carbocycles. The molecule has 1 unspecified atom stereocenters. The zero-order chi connectivity index (χ0) is 14.0. The number of aromatic nitrogens is 3. The monoisotopic (exact) mass is 259 g/mol. The minimum atomic E-state index is -0.549. The van der Waals surface area contributed by atoms with Crippen LogP contribution in [0.5, 0.6) is 0 Å². The Bertz CT molecular complexity index is 540. The van der Waals surface area contributed by atoms with E-state index >= 15 is 0 Å². The van der Waals surface area contributed by atoms with E-state index < -0.39 is 6.10 Å². The molecule has 0 aliphatic heterocycles. The standard InChI is InChI=1S/C15H21N3O/c1-15(2,3)14-12(10-18(4)17-14)13(19)8-11-6-5-7-16-9-11/h5-7,9-10,13,19H,8H2,1-4H3. The highest BCUT2D eigenvalue weighted by Crippen LogP contribution is 2.29. The molecule has 0 spiro atoms. The Kier molecular flexibility index (Phi) is 3.71. The van der Waals surface area contributed by atoms with Crippen LogP contribution in [0.1, 0.15) is 43.7 Å². The molecule has 102 valence electrons. The maximum Gasteiger partial charge on any atom is 0.0864 e. The van der Waals surface area contributed by atoms with Crippen LogP contribution in [0.15, 0.2) is 30.7 Å². The molecule has 2 aromatic rings. The van der Waals surface area contributed by atoms with E-state index in [1.54, 1.807) is 17.1 Å². The van der Waals surface area contributed by atoms with Gasteiger partial charge in [0.25, 0.3) is 0 Å². The molecule has 0 aliphatic carbocycles. The summed E-state index contributed by atoms with van der Waals surface area (Å²) in [5.41, 5.74) is 2.80. The second-order valence-electron chi connectivity index (χ2n) is 5.94. The molecule has 4 heteroatoms. The second kappa shape index (κ2) is 5.13. The Labute approximate surface area is 114 Å². The first-order valence-electron chi connectivity index (χ1n) is 6.49. The summed E-state index contributed by atoms with van der Waals surface area (Å²) in [5.74, 6) is 0. The number of rotatable bonds is 3. The first-order chi connectivity index (χ1) is 8.88. The van der Waals surface area contributed by atoms with Crippen molar-refractivity contribution < 1.29 is 5.11 Å². The molecular weight excluding hydrogens is 238 g/mol. The van der Waals surface area contributed by atoms with Crippen molar-refractivity contribution in [3.8, 4) is 0 Å². The van der Waals surface area contributed by atoms with Crippen molar-refractivity contribution >= 4 is 0 Å². The predicted octanol–water partition coefficient (Wildman–Crippen LogP) is 2.39. The van der Waals surface area contributed by atoms with Gasteiger partial charge in [-0.1, -0.05) is 26.8 Å². The first-order valence-corrected chi connectivity index (χ1v) is 6.49. The average Bonchev–Trinajstić information content (AvgIpc) is 2.72. The maximum atomic E-state index is 10.5. The molecule has 19 heavy (non-hydrogen) atoms. The molecule has 2 heterocycles. The van der Waals surface area contributed by atoms with Crippen LogP contribution in [0.3, 0.4) is 0 Å². The molecule has 4 nitrogen and oxygen atoms in total. The fourth-order valence-corrected chi connectivity index (χ4v) is 2.19. The largest absolute Gasteiger partial charge is 0.388 e. The number of hydrogen-bond donors (Lipinski definition) is 1. The van der Waals surface area contributed by atoms with E-state index in [2.05, 4.69) is 30.9 Å². The van der Waals surface area contributed by atoms with Gasteiger partial charge in [-0.2, -0.15) is 5.10 Å². The van der Waals surface area contributed by atoms with Gasteiger partial charge in [0.2, 0.25) is 0 Å². The van der Waals surface area contributed by atoms with Gasteiger partial charge in [0.15, 0.2) is 0 Å². The Morgan fingerprint density at radius 2 is 2.11 bits per heavy atom. The molecule has 2 rings (SSSR count). The Hall–Kier alpha value is -1.68. The summed E-state index contributed by atoms with van der Waals surface area (Å²) in [6, 6.07) is 3.86. The predicted molar refractivity (Wildman–Crippen MR) is 74.8 cm³/mol. The third kappa shape index (κ3) is 3.20. The molecule has 0 radical (unpaired) electrons. The van der Waals surface area contributed by atoms with E-state index in [1.807, 2.05) is 25.4 Å². The summed E-state index contributed by atoms with van der Waals surface area (Å²) in [6.07, 6.45) is 5.44. The van der Waals surface area contributed by atoms with Crippen LogP contribution < -0.4 is 0 Å². The summed E-state index contributed by atoms with van der Waals surface area (Å²) in [4.78, 5) is 4.08. The Balaban J connectivity index is 2.27. The average molecular weight is 259 g/mol. The number of aliphatic hydroxyl groups excluding tert-OH is 1. The van der Waals surface area contributed by atoms with Gasteiger partial charge >= 0.3 is 0 Å². The lowest BCUT2D eigenvalue weighted by Crippen LogP contribution is -2.17. The molecule has 0 fully saturated rings. The van der Waals surface area contributed by atoms with E-state index in [1.165, 1.54) is 0 Å². The van der Waals surface area contributed by atoms with Crippen LogP contribution in [0.4, 0.5) is 0 Å². The van der Waals surface area contributed by atoms with Crippen LogP contribution in [0.25, 0.3) is 0 Å². The maximum absolute atomic E-state index is 10.5. The van der Waals surface area contributed by atoms with Gasteiger partial charge in [-0.15, -0.1) is 0 Å². The summed E-state index contributed by atoms with van der Waals surface area (Å²) in [6.45, 7) is 6.32. The van der Waals surface area contributed by atoms with Crippen molar-refractivity contribution in [2.24, 2.45) is 7.05 Å². The van der Waals surface area contributed by atoms with Gasteiger partial charge in [0.1, 0.15) is 0 Å². The molecule has 0 aromatic carbocycles. The quantitative estimate of drug-likeness (QED) is 0.920. The lowest BCUT2D eigenvalue weighted by molar-refractivity contribution is 0.176. The summed E-state index contributed by atoms with van der Waals surface area (Å²) in [5, 5.41) is 14.9.